The van der Waals surface area contributed by atoms with E-state index in [4.69, 9.17) is 5.73 Å². The van der Waals surface area contributed by atoms with E-state index in [1.54, 1.807) is 0 Å². The molecule has 18 heavy (non-hydrogen) atoms. The highest BCUT2D eigenvalue weighted by atomic mass is 16.2. The molecule has 0 spiro atoms. The molecule has 0 radical (unpaired) electrons. The first-order chi connectivity index (χ1) is 8.50. The van der Waals surface area contributed by atoms with Crippen LogP contribution in [0.3, 0.4) is 0 Å². The van der Waals surface area contributed by atoms with Crippen molar-refractivity contribution in [3.8, 4) is 0 Å². The number of nitrogens with two attached hydrogens (primary N) is 1. The smallest absolute Gasteiger partial charge is 0.224 e. The van der Waals surface area contributed by atoms with Crippen LogP contribution in [0.5, 0.6) is 0 Å². The number of aryl methyl sites for hydroxylation is 1. The highest BCUT2D eigenvalue weighted by Crippen LogP contribution is 2.29. The molecule has 5 nitrogen and oxygen atoms in total. The first-order valence-corrected chi connectivity index (χ1v) is 6.57. The lowest BCUT2D eigenvalue weighted by molar-refractivity contribution is -0.125. The van der Waals surface area contributed by atoms with E-state index < -0.39 is 0 Å². The molecule has 1 aromatic heterocycles. The largest absolute Gasteiger partial charge is 0.349 e. The van der Waals surface area contributed by atoms with Crippen LogP contribution in [0.4, 0.5) is 0 Å². The summed E-state index contributed by atoms with van der Waals surface area (Å²) >= 11 is 0. The monoisotopic (exact) mass is 250 g/mol. The molecular formula is C13H22N4O. The van der Waals surface area contributed by atoms with Gasteiger partial charge in [-0.15, -0.1) is 0 Å². The maximum absolute atomic E-state index is 12.1. The molecular weight excluding hydrogens is 228 g/mol. The molecule has 3 N–H and O–H groups in total. The van der Waals surface area contributed by atoms with Crippen LogP contribution in [0.25, 0.3) is 0 Å². The molecule has 0 aliphatic heterocycles. The number of nitrogens with one attached hydrogen (secondary N) is 1. The normalized spacial score (nSPS) is 22.1. The van der Waals surface area contributed by atoms with Gasteiger partial charge in [-0.25, -0.2) is 0 Å². The molecule has 0 aromatic carbocycles. The summed E-state index contributed by atoms with van der Waals surface area (Å²) in [5.41, 5.74) is 8.16. The second-order valence-electron chi connectivity index (χ2n) is 5.27. The number of hydrogen-bond donors (Lipinski definition) is 2. The Hall–Kier alpha value is -1.36. The summed E-state index contributed by atoms with van der Waals surface area (Å²) < 4.78 is 1.91. The van der Waals surface area contributed by atoms with E-state index in [9.17, 15) is 4.79 Å². The molecule has 0 fully saturated rings. The standard InChI is InChI=1S/C13H22N4O/c1-8(9(2)14)13(18)16-11-5-4-6-12-10(11)7-15-17(12)3/h7-9,11H,4-6,14H2,1-3H3,(H,16,18). The van der Waals surface area contributed by atoms with Gasteiger partial charge in [0.25, 0.3) is 0 Å². The zero-order valence-electron chi connectivity index (χ0n) is 11.3. The van der Waals surface area contributed by atoms with Gasteiger partial charge >= 0.3 is 0 Å². The molecule has 0 bridgehead atoms. The summed E-state index contributed by atoms with van der Waals surface area (Å²) in [6.45, 7) is 3.73. The number of carbonyl (C=O) groups excluding carboxylic acids is 1. The summed E-state index contributed by atoms with van der Waals surface area (Å²) in [7, 11) is 1.95. The summed E-state index contributed by atoms with van der Waals surface area (Å²) in [4.78, 5) is 12.1. The predicted octanol–water partition coefficient (Wildman–Crippen LogP) is 0.897. The zero-order valence-corrected chi connectivity index (χ0v) is 11.3. The number of fused-ring (bicyclic) bond motifs is 1. The maximum Gasteiger partial charge on any atom is 0.224 e. The number of aromatic nitrogens is 2. The third-order valence-corrected chi connectivity index (χ3v) is 3.89. The van der Waals surface area contributed by atoms with Crippen molar-refractivity contribution in [3.63, 3.8) is 0 Å². The molecule has 2 rings (SSSR count). The fraction of sp³-hybridized carbons (Fsp3) is 0.692. The van der Waals surface area contributed by atoms with Gasteiger partial charge in [-0.3, -0.25) is 9.48 Å². The second-order valence-corrected chi connectivity index (χ2v) is 5.27. The van der Waals surface area contributed by atoms with E-state index in [-0.39, 0.29) is 23.9 Å². The van der Waals surface area contributed by atoms with Crippen molar-refractivity contribution >= 4 is 5.91 Å². The Morgan fingerprint density at radius 2 is 2.33 bits per heavy atom. The van der Waals surface area contributed by atoms with Crippen LogP contribution in [-0.4, -0.2) is 21.7 Å². The fourth-order valence-corrected chi connectivity index (χ4v) is 2.40. The molecule has 3 atom stereocenters. The van der Waals surface area contributed by atoms with Gasteiger partial charge in [-0.2, -0.15) is 5.10 Å². The van der Waals surface area contributed by atoms with E-state index in [0.717, 1.165) is 24.8 Å². The Morgan fingerprint density at radius 3 is 3.00 bits per heavy atom. The van der Waals surface area contributed by atoms with Crippen molar-refractivity contribution in [1.82, 2.24) is 15.1 Å². The van der Waals surface area contributed by atoms with Crippen LogP contribution in [0.15, 0.2) is 6.20 Å². The minimum Gasteiger partial charge on any atom is -0.349 e. The topological polar surface area (TPSA) is 72.9 Å². The number of hydrogen-bond acceptors (Lipinski definition) is 3. The van der Waals surface area contributed by atoms with E-state index in [1.807, 2.05) is 31.8 Å². The second kappa shape index (κ2) is 5.10. The fourth-order valence-electron chi connectivity index (χ4n) is 2.40. The van der Waals surface area contributed by atoms with Gasteiger partial charge in [-0.1, -0.05) is 6.92 Å². The van der Waals surface area contributed by atoms with Gasteiger partial charge in [0, 0.05) is 30.3 Å². The first-order valence-electron chi connectivity index (χ1n) is 6.57. The molecule has 0 saturated heterocycles. The van der Waals surface area contributed by atoms with Gasteiger partial charge in [0.2, 0.25) is 5.91 Å². The van der Waals surface area contributed by atoms with Gasteiger partial charge < -0.3 is 11.1 Å². The van der Waals surface area contributed by atoms with Crippen LogP contribution < -0.4 is 11.1 Å². The summed E-state index contributed by atoms with van der Waals surface area (Å²) in [6.07, 6.45) is 4.98. The highest BCUT2D eigenvalue weighted by molar-refractivity contribution is 5.79. The first kappa shape index (κ1) is 13.1. The van der Waals surface area contributed by atoms with E-state index >= 15 is 0 Å². The molecule has 5 heteroatoms. The van der Waals surface area contributed by atoms with Crippen molar-refractivity contribution < 1.29 is 4.79 Å². The summed E-state index contributed by atoms with van der Waals surface area (Å²) in [5, 5.41) is 7.37. The van der Waals surface area contributed by atoms with Gasteiger partial charge in [0.1, 0.15) is 0 Å². The van der Waals surface area contributed by atoms with Crippen LogP contribution >= 0.6 is 0 Å². The maximum atomic E-state index is 12.1. The number of rotatable bonds is 3. The van der Waals surface area contributed by atoms with E-state index in [1.165, 1.54) is 5.69 Å². The molecule has 0 saturated carbocycles. The van der Waals surface area contributed by atoms with Crippen LogP contribution in [0.2, 0.25) is 0 Å². The minimum atomic E-state index is -0.160. The van der Waals surface area contributed by atoms with E-state index in [2.05, 4.69) is 10.4 Å². The molecule has 1 amide bonds. The molecule has 1 aliphatic carbocycles. The van der Waals surface area contributed by atoms with Gasteiger partial charge in [-0.05, 0) is 26.2 Å². The molecule has 1 heterocycles. The van der Waals surface area contributed by atoms with Crippen LogP contribution in [-0.2, 0) is 18.3 Å². The van der Waals surface area contributed by atoms with Crippen molar-refractivity contribution in [2.24, 2.45) is 18.7 Å². The Morgan fingerprint density at radius 1 is 1.61 bits per heavy atom. The minimum absolute atomic E-state index is 0.0340. The van der Waals surface area contributed by atoms with Gasteiger partial charge in [0.05, 0.1) is 12.2 Å². The van der Waals surface area contributed by atoms with Crippen molar-refractivity contribution in [1.29, 1.82) is 0 Å². The van der Waals surface area contributed by atoms with Crippen molar-refractivity contribution in [2.75, 3.05) is 0 Å². The number of carbonyl (C=O) groups is 1. The third kappa shape index (κ3) is 2.41. The molecule has 1 aliphatic rings. The van der Waals surface area contributed by atoms with Crippen molar-refractivity contribution in [2.45, 2.75) is 45.2 Å². The summed E-state index contributed by atoms with van der Waals surface area (Å²) in [6, 6.07) is -0.0295. The predicted molar refractivity (Wildman–Crippen MR) is 69.8 cm³/mol. The average Bonchev–Trinajstić information content (AvgIpc) is 2.71. The Labute approximate surface area is 108 Å². The third-order valence-electron chi connectivity index (χ3n) is 3.89. The van der Waals surface area contributed by atoms with Crippen LogP contribution in [0.1, 0.15) is 44.0 Å². The molecule has 100 valence electrons. The number of nitrogens with zero attached hydrogens (tertiary/aromatic N) is 2. The molecule has 1 aromatic rings. The SMILES string of the molecule is CC(N)C(C)C(=O)NC1CCCc2c1cnn2C. The van der Waals surface area contributed by atoms with Crippen molar-refractivity contribution in [3.05, 3.63) is 17.5 Å². The van der Waals surface area contributed by atoms with Gasteiger partial charge in [0.15, 0.2) is 0 Å². The van der Waals surface area contributed by atoms with E-state index in [0.29, 0.717) is 0 Å². The lowest BCUT2D eigenvalue weighted by atomic mass is 9.92. The lowest BCUT2D eigenvalue weighted by Crippen LogP contribution is -2.40. The zero-order chi connectivity index (χ0) is 13.3. The Balaban J connectivity index is 2.10. The highest BCUT2D eigenvalue weighted by Gasteiger charge is 2.27. The summed E-state index contributed by atoms with van der Waals surface area (Å²) in [5.74, 6) is -0.126. The van der Waals surface area contributed by atoms with Crippen LogP contribution in [0, 0.1) is 5.92 Å². The lowest BCUT2D eigenvalue weighted by Gasteiger charge is -2.26. The Kier molecular flexibility index (Phi) is 3.71. The molecule has 3 unspecified atom stereocenters. The quantitative estimate of drug-likeness (QED) is 0.837. The average molecular weight is 250 g/mol. The Bertz CT molecular complexity index is 438. The number of amides is 1.